The van der Waals surface area contributed by atoms with E-state index in [4.69, 9.17) is 89.5 Å². The molecular formula is C53H50Cl2N2O25. The van der Waals surface area contributed by atoms with Crippen LogP contribution in [-0.2, 0) is 96.2 Å². The Morgan fingerprint density at radius 2 is 0.854 bits per heavy atom. The summed E-state index contributed by atoms with van der Waals surface area (Å²) in [5.74, 6) is -10.4. The number of hydrogen-bond acceptors (Lipinski definition) is 27. The number of nitrogens with zero attached hydrogens (tertiary/aromatic N) is 2. The highest BCUT2D eigenvalue weighted by Gasteiger charge is 2.55. The Hall–Kier alpha value is -9.37. The van der Waals surface area contributed by atoms with E-state index in [1.165, 1.54) is 47.4 Å². The van der Waals surface area contributed by atoms with Crippen molar-refractivity contribution in [1.29, 1.82) is 0 Å². The Labute approximate surface area is 475 Å². The molecule has 6 rings (SSSR count). The summed E-state index contributed by atoms with van der Waals surface area (Å²) in [6.45, 7) is 1.30. The molecule has 2 heterocycles. The number of ether oxygens (including phenoxy) is 14. The Morgan fingerprint density at radius 1 is 0.463 bits per heavy atom. The van der Waals surface area contributed by atoms with Gasteiger partial charge in [0, 0.05) is 70.4 Å². The largest absolute Gasteiger partial charge is 0.488 e. The van der Waals surface area contributed by atoms with Crippen molar-refractivity contribution >= 4 is 100 Å². The second kappa shape index (κ2) is 27.7. The van der Waals surface area contributed by atoms with Gasteiger partial charge in [-0.05, 0) is 48.9 Å². The highest BCUT2D eigenvalue weighted by Crippen LogP contribution is 2.60. The molecule has 436 valence electrons. The van der Waals surface area contributed by atoms with Crippen LogP contribution in [0.5, 0.6) is 34.5 Å². The molecule has 0 atom stereocenters. The lowest BCUT2D eigenvalue weighted by Gasteiger charge is -2.37. The van der Waals surface area contributed by atoms with Crippen molar-refractivity contribution in [2.24, 2.45) is 0 Å². The molecule has 0 radical (unpaired) electrons. The number of fused-ring (bicyclic) bond motifs is 6. The third-order valence-electron chi connectivity index (χ3n) is 11.1. The predicted molar refractivity (Wildman–Crippen MR) is 275 cm³/mol. The lowest BCUT2D eigenvalue weighted by molar-refractivity contribution is -0.167. The summed E-state index contributed by atoms with van der Waals surface area (Å²) in [4.78, 5) is 140. The minimum Gasteiger partial charge on any atom is -0.488 e. The van der Waals surface area contributed by atoms with Gasteiger partial charge in [-0.2, -0.15) is 0 Å². The van der Waals surface area contributed by atoms with E-state index < -0.39 is 131 Å². The summed E-state index contributed by atoms with van der Waals surface area (Å²) >= 11 is 13.5. The fourth-order valence-corrected chi connectivity index (χ4v) is 8.24. The first-order valence-corrected chi connectivity index (χ1v) is 24.8. The SMILES string of the molecule is CC(=O)OCOC(=O)CN(CC(=O)OCOC(C)=O)c1ccc(C)cc1OCCOc1cc2c(cc1N(CC(=O)OCOC(C)=O)CC(=O)OCOC(C)=O)C(=O)OC21c2cc(Cl)c(OC(C)=O)cc2Oc2cc(OC(C)=O)c(Cl)cc21. The molecule has 0 bridgehead atoms. The second-order valence-electron chi connectivity index (χ2n) is 17.2. The number of aryl methyl sites for hydroxylation is 1. The van der Waals surface area contributed by atoms with E-state index >= 15 is 0 Å². The normalized spacial score (nSPS) is 12.0. The van der Waals surface area contributed by atoms with Crippen molar-refractivity contribution < 1.29 is 119 Å². The van der Waals surface area contributed by atoms with Gasteiger partial charge in [-0.3, -0.25) is 47.9 Å². The zero-order valence-electron chi connectivity index (χ0n) is 44.6. The van der Waals surface area contributed by atoms with Gasteiger partial charge < -0.3 is 76.1 Å². The minimum absolute atomic E-state index is 0.0109. The molecule has 0 fully saturated rings. The van der Waals surface area contributed by atoms with E-state index in [-0.39, 0.29) is 84.8 Å². The molecular weight excluding hydrogens is 1140 g/mol. The Kier molecular flexibility index (Phi) is 20.9. The van der Waals surface area contributed by atoms with Crippen LogP contribution in [0, 0.1) is 6.92 Å². The van der Waals surface area contributed by atoms with Crippen molar-refractivity contribution in [3.63, 3.8) is 0 Å². The van der Waals surface area contributed by atoms with Gasteiger partial charge in [0.05, 0.1) is 27.0 Å². The highest BCUT2D eigenvalue weighted by molar-refractivity contribution is 6.33. The van der Waals surface area contributed by atoms with Gasteiger partial charge in [-0.1, -0.05) is 29.3 Å². The Bertz CT molecular complexity index is 3080. The third-order valence-corrected chi connectivity index (χ3v) is 11.7. The maximum atomic E-state index is 14.6. The summed E-state index contributed by atoms with van der Waals surface area (Å²) in [5, 5.41) is -0.314. The van der Waals surface area contributed by atoms with Gasteiger partial charge in [0.2, 0.25) is 27.2 Å². The first-order valence-electron chi connectivity index (χ1n) is 24.0. The molecule has 0 N–H and O–H groups in total. The molecule has 4 aromatic rings. The topological polar surface area (TPSA) is 323 Å². The molecule has 2 aliphatic rings. The summed E-state index contributed by atoms with van der Waals surface area (Å²) in [7, 11) is 0. The lowest BCUT2D eigenvalue weighted by atomic mass is 9.77. The second-order valence-corrected chi connectivity index (χ2v) is 18.1. The van der Waals surface area contributed by atoms with E-state index in [0.29, 0.717) is 5.56 Å². The van der Waals surface area contributed by atoms with E-state index in [2.05, 4.69) is 0 Å². The smallest absolute Gasteiger partial charge is 0.340 e. The maximum Gasteiger partial charge on any atom is 0.340 e. The van der Waals surface area contributed by atoms with Crippen molar-refractivity contribution in [2.75, 3.05) is 76.4 Å². The zero-order valence-corrected chi connectivity index (χ0v) is 46.1. The van der Waals surface area contributed by atoms with Crippen LogP contribution in [-0.4, -0.2) is 132 Å². The quantitative estimate of drug-likeness (QED) is 0.0275. The van der Waals surface area contributed by atoms with Crippen LogP contribution in [0.25, 0.3) is 0 Å². The average molecular weight is 1190 g/mol. The monoisotopic (exact) mass is 1180 g/mol. The number of carbonyl (C=O) groups excluding carboxylic acids is 11. The van der Waals surface area contributed by atoms with Gasteiger partial charge in [0.25, 0.3) is 0 Å². The zero-order chi connectivity index (χ0) is 60.0. The van der Waals surface area contributed by atoms with Crippen LogP contribution in [0.4, 0.5) is 11.4 Å². The summed E-state index contributed by atoms with van der Waals surface area (Å²) in [5.41, 5.74) is -1.73. The number of hydrogen-bond donors (Lipinski definition) is 0. The minimum atomic E-state index is -2.10. The van der Waals surface area contributed by atoms with Crippen molar-refractivity contribution in [1.82, 2.24) is 0 Å². The van der Waals surface area contributed by atoms with Crippen LogP contribution in [0.2, 0.25) is 10.0 Å². The number of esters is 11. The van der Waals surface area contributed by atoms with Crippen molar-refractivity contribution in [3.05, 3.63) is 92.5 Å². The van der Waals surface area contributed by atoms with Gasteiger partial charge in [0.15, 0.2) is 17.1 Å². The molecule has 2 aliphatic heterocycles. The first kappa shape index (κ1) is 61.8. The fourth-order valence-electron chi connectivity index (χ4n) is 7.83. The van der Waals surface area contributed by atoms with Crippen LogP contribution < -0.4 is 33.5 Å². The molecule has 0 amide bonds. The number of benzene rings is 4. The molecule has 0 aliphatic carbocycles. The fraction of sp³-hybridized carbons (Fsp3) is 0.340. The first-order chi connectivity index (χ1) is 38.8. The van der Waals surface area contributed by atoms with Gasteiger partial charge >= 0.3 is 65.7 Å². The maximum absolute atomic E-state index is 14.6. The van der Waals surface area contributed by atoms with Gasteiger partial charge in [-0.15, -0.1) is 0 Å². The molecule has 29 heteroatoms. The van der Waals surface area contributed by atoms with Crippen LogP contribution in [0.1, 0.15) is 74.2 Å². The molecule has 82 heavy (non-hydrogen) atoms. The number of rotatable bonds is 25. The highest BCUT2D eigenvalue weighted by atomic mass is 35.5. The molecule has 0 saturated carbocycles. The van der Waals surface area contributed by atoms with E-state index in [0.717, 1.165) is 46.4 Å². The standard InChI is InChI=1S/C53H50Cl2N2O25/c1-27-8-9-40(56(19-48(64)75-23-71-28(2)58)20-49(65)76-24-72-29(3)59)46(12-27)69-10-11-70-47-16-35-34(13-41(47)57(21-50(66)77-25-73-30(4)60)22-51(67)78-26-74-31(5)61)52(68)82-53(35)36-14-38(54)44(79-32(6)62)17-42(36)81-43-18-45(80-33(7)63)39(55)15-37(43)53/h8-9,12-18H,10-11,19-26H2,1-7H3. The van der Waals surface area contributed by atoms with Crippen LogP contribution in [0.3, 0.4) is 0 Å². The molecule has 1 spiro atoms. The average Bonchev–Trinajstić information content (AvgIpc) is 1.51. The number of anilines is 2. The summed E-state index contributed by atoms with van der Waals surface area (Å²) in [6, 6.07) is 12.3. The van der Waals surface area contributed by atoms with Crippen LogP contribution >= 0.6 is 23.2 Å². The predicted octanol–water partition coefficient (Wildman–Crippen LogP) is 5.05. The van der Waals surface area contributed by atoms with E-state index in [1.807, 2.05) is 0 Å². The van der Waals surface area contributed by atoms with Crippen molar-refractivity contribution in [3.8, 4) is 34.5 Å². The molecule has 4 aromatic carbocycles. The number of carbonyl (C=O) groups is 11. The van der Waals surface area contributed by atoms with E-state index in [1.54, 1.807) is 19.1 Å². The Morgan fingerprint density at radius 3 is 1.24 bits per heavy atom. The summed E-state index contributed by atoms with van der Waals surface area (Å²) in [6.07, 6.45) is 0. The van der Waals surface area contributed by atoms with Gasteiger partial charge in [-0.25, -0.2) is 4.79 Å². The molecule has 0 unspecified atom stereocenters. The van der Waals surface area contributed by atoms with Crippen LogP contribution in [0.15, 0.2) is 54.6 Å². The summed E-state index contributed by atoms with van der Waals surface area (Å²) < 4.78 is 75.2. The van der Waals surface area contributed by atoms with E-state index in [9.17, 15) is 52.7 Å². The Balaban J connectivity index is 1.48. The molecule has 0 saturated heterocycles. The number of halogens is 2. The molecule has 27 nitrogen and oxygen atoms in total. The molecule has 0 aromatic heterocycles. The van der Waals surface area contributed by atoms with Crippen molar-refractivity contribution in [2.45, 2.75) is 54.1 Å². The van der Waals surface area contributed by atoms with Gasteiger partial charge in [0.1, 0.15) is 62.4 Å². The third kappa shape index (κ3) is 16.1. The lowest BCUT2D eigenvalue weighted by Crippen LogP contribution is -2.37.